The summed E-state index contributed by atoms with van der Waals surface area (Å²) in [6, 6.07) is 0.216. The van der Waals surface area contributed by atoms with Gasteiger partial charge in [-0.25, -0.2) is 0 Å². The summed E-state index contributed by atoms with van der Waals surface area (Å²) >= 11 is 4.07. The molecule has 0 heterocycles. The molecule has 0 aromatic carbocycles. The zero-order chi connectivity index (χ0) is 5.15. The quantitative estimate of drug-likeness (QED) is 0.470. The summed E-state index contributed by atoms with van der Waals surface area (Å²) in [5, 5.41) is 0.324. The van der Waals surface area contributed by atoms with Gasteiger partial charge in [-0.05, 0) is 6.92 Å². The Morgan fingerprint density at radius 2 is 1.67 bits per heavy atom. The first kappa shape index (κ1) is 6.31. The van der Waals surface area contributed by atoms with Crippen molar-refractivity contribution in [2.75, 3.05) is 0 Å². The lowest BCUT2D eigenvalue weighted by molar-refractivity contribution is 0.735. The normalized spacial score (nSPS) is 20.0. The Morgan fingerprint density at radius 3 is 1.67 bits per heavy atom. The first-order chi connectivity index (χ1) is 2.64. The number of hydrogen-bond acceptors (Lipinski definition) is 2. The minimum absolute atomic E-state index is 0.216. The second-order valence-electron chi connectivity index (χ2n) is 1.60. The van der Waals surface area contributed by atoms with Gasteiger partial charge in [-0.1, -0.05) is 6.92 Å². The van der Waals surface area contributed by atoms with Crippen molar-refractivity contribution in [2.45, 2.75) is 25.1 Å². The SMILES string of the molecule is CC(S)[C@@H](C)N. The second kappa shape index (κ2) is 2.48. The molecule has 38 valence electrons. The Labute approximate surface area is 44.3 Å². The highest BCUT2D eigenvalue weighted by Gasteiger charge is 1.96. The molecule has 0 spiro atoms. The van der Waals surface area contributed by atoms with E-state index in [1.54, 1.807) is 0 Å². The van der Waals surface area contributed by atoms with E-state index in [4.69, 9.17) is 5.73 Å². The predicted octanol–water partition coefficient (Wildman–Crippen LogP) is 0.652. The van der Waals surface area contributed by atoms with Crippen molar-refractivity contribution in [3.8, 4) is 0 Å². The van der Waals surface area contributed by atoms with Gasteiger partial charge >= 0.3 is 0 Å². The molecule has 0 aliphatic rings. The third kappa shape index (κ3) is 2.54. The molecule has 0 aromatic rings. The van der Waals surface area contributed by atoms with E-state index in [1.165, 1.54) is 0 Å². The van der Waals surface area contributed by atoms with Crippen molar-refractivity contribution < 1.29 is 0 Å². The summed E-state index contributed by atoms with van der Waals surface area (Å²) in [5.74, 6) is 0. The largest absolute Gasteiger partial charge is 0.327 e. The van der Waals surface area contributed by atoms with Crippen LogP contribution in [0.2, 0.25) is 0 Å². The van der Waals surface area contributed by atoms with Crippen LogP contribution in [0.3, 0.4) is 0 Å². The van der Waals surface area contributed by atoms with Crippen molar-refractivity contribution in [1.82, 2.24) is 0 Å². The molecule has 2 N–H and O–H groups in total. The van der Waals surface area contributed by atoms with Gasteiger partial charge in [-0.15, -0.1) is 0 Å². The maximum Gasteiger partial charge on any atom is 0.0137 e. The van der Waals surface area contributed by atoms with Gasteiger partial charge in [0, 0.05) is 11.3 Å². The van der Waals surface area contributed by atoms with Crippen LogP contribution >= 0.6 is 12.6 Å². The Balaban J connectivity index is 2.99. The highest BCUT2D eigenvalue weighted by Crippen LogP contribution is 1.94. The number of thiol groups is 1. The molecule has 2 heteroatoms. The molecular formula is C4H11NS. The lowest BCUT2D eigenvalue weighted by Gasteiger charge is -2.05. The Bertz CT molecular complexity index is 28.5. The zero-order valence-corrected chi connectivity index (χ0v) is 5.07. The molecule has 1 unspecified atom stereocenters. The average molecular weight is 105 g/mol. The van der Waals surface area contributed by atoms with Crippen molar-refractivity contribution in [3.05, 3.63) is 0 Å². The molecule has 0 aliphatic carbocycles. The van der Waals surface area contributed by atoms with Crippen molar-refractivity contribution in [1.29, 1.82) is 0 Å². The van der Waals surface area contributed by atoms with E-state index in [1.807, 2.05) is 13.8 Å². The predicted molar refractivity (Wildman–Crippen MR) is 32.1 cm³/mol. The zero-order valence-electron chi connectivity index (χ0n) is 4.18. The van der Waals surface area contributed by atoms with E-state index in [-0.39, 0.29) is 6.04 Å². The standard InChI is InChI=1S/C4H11NS/c1-3(5)4(2)6/h3-4,6H,5H2,1-2H3/t3-,4?/m1/s1. The van der Waals surface area contributed by atoms with Gasteiger partial charge in [-0.2, -0.15) is 12.6 Å². The molecule has 0 bridgehead atoms. The summed E-state index contributed by atoms with van der Waals surface area (Å²) in [4.78, 5) is 0. The average Bonchev–Trinajstić information content (AvgIpc) is 1.36. The first-order valence-corrected chi connectivity index (χ1v) is 2.60. The number of hydrogen-bond donors (Lipinski definition) is 2. The molecule has 0 aliphatic heterocycles. The van der Waals surface area contributed by atoms with E-state index < -0.39 is 0 Å². The van der Waals surface area contributed by atoms with E-state index in [0.717, 1.165) is 0 Å². The van der Waals surface area contributed by atoms with Crippen LogP contribution in [0.25, 0.3) is 0 Å². The Morgan fingerprint density at radius 1 is 1.50 bits per heavy atom. The molecule has 1 nitrogen and oxygen atoms in total. The van der Waals surface area contributed by atoms with Gasteiger partial charge in [0.15, 0.2) is 0 Å². The minimum Gasteiger partial charge on any atom is -0.327 e. The van der Waals surface area contributed by atoms with Crippen molar-refractivity contribution >= 4 is 12.6 Å². The van der Waals surface area contributed by atoms with Crippen molar-refractivity contribution in [2.24, 2.45) is 5.73 Å². The topological polar surface area (TPSA) is 26.0 Å². The van der Waals surface area contributed by atoms with Crippen LogP contribution in [0.15, 0.2) is 0 Å². The number of rotatable bonds is 1. The van der Waals surface area contributed by atoms with E-state index in [9.17, 15) is 0 Å². The summed E-state index contributed by atoms with van der Waals surface area (Å²) in [7, 11) is 0. The van der Waals surface area contributed by atoms with Crippen LogP contribution in [0.4, 0.5) is 0 Å². The van der Waals surface area contributed by atoms with E-state index >= 15 is 0 Å². The summed E-state index contributed by atoms with van der Waals surface area (Å²) < 4.78 is 0. The fourth-order valence-corrected chi connectivity index (χ4v) is 0. The summed E-state index contributed by atoms with van der Waals surface area (Å²) in [5.41, 5.74) is 5.36. The molecule has 0 saturated carbocycles. The third-order valence-corrected chi connectivity index (χ3v) is 1.23. The second-order valence-corrected chi connectivity index (χ2v) is 2.41. The molecule has 0 saturated heterocycles. The monoisotopic (exact) mass is 105 g/mol. The fourth-order valence-electron chi connectivity index (χ4n) is 0. The molecule has 6 heavy (non-hydrogen) atoms. The molecule has 0 amide bonds. The molecule has 0 aromatic heterocycles. The molecule has 0 fully saturated rings. The van der Waals surface area contributed by atoms with Gasteiger partial charge in [-0.3, -0.25) is 0 Å². The Hall–Kier alpha value is 0.310. The summed E-state index contributed by atoms with van der Waals surface area (Å²) in [6.45, 7) is 3.92. The van der Waals surface area contributed by atoms with Crippen LogP contribution in [-0.4, -0.2) is 11.3 Å². The van der Waals surface area contributed by atoms with Gasteiger partial charge in [0.2, 0.25) is 0 Å². The summed E-state index contributed by atoms with van der Waals surface area (Å²) in [6.07, 6.45) is 0. The van der Waals surface area contributed by atoms with Gasteiger partial charge in [0.1, 0.15) is 0 Å². The van der Waals surface area contributed by atoms with Crippen LogP contribution in [-0.2, 0) is 0 Å². The maximum atomic E-state index is 5.36. The molecule has 2 atom stereocenters. The van der Waals surface area contributed by atoms with Crippen molar-refractivity contribution in [3.63, 3.8) is 0 Å². The highest BCUT2D eigenvalue weighted by molar-refractivity contribution is 7.81. The van der Waals surface area contributed by atoms with E-state index in [2.05, 4.69) is 12.6 Å². The van der Waals surface area contributed by atoms with Crippen LogP contribution < -0.4 is 5.73 Å². The first-order valence-electron chi connectivity index (χ1n) is 2.08. The molecule has 0 radical (unpaired) electrons. The van der Waals surface area contributed by atoms with E-state index in [0.29, 0.717) is 5.25 Å². The molecular weight excluding hydrogens is 94.1 g/mol. The van der Waals surface area contributed by atoms with Crippen LogP contribution in [0, 0.1) is 0 Å². The van der Waals surface area contributed by atoms with Gasteiger partial charge in [0.25, 0.3) is 0 Å². The lowest BCUT2D eigenvalue weighted by Crippen LogP contribution is -2.24. The molecule has 0 rings (SSSR count). The Kier molecular flexibility index (Phi) is 2.61. The fraction of sp³-hybridized carbons (Fsp3) is 1.00. The van der Waals surface area contributed by atoms with Crippen LogP contribution in [0.5, 0.6) is 0 Å². The van der Waals surface area contributed by atoms with Gasteiger partial charge in [0.05, 0.1) is 0 Å². The van der Waals surface area contributed by atoms with Crippen LogP contribution in [0.1, 0.15) is 13.8 Å². The number of nitrogens with two attached hydrogens (primary N) is 1. The smallest absolute Gasteiger partial charge is 0.0137 e. The highest BCUT2D eigenvalue weighted by atomic mass is 32.1. The van der Waals surface area contributed by atoms with Gasteiger partial charge < -0.3 is 5.73 Å². The lowest BCUT2D eigenvalue weighted by atomic mass is 10.3. The minimum atomic E-state index is 0.216. The maximum absolute atomic E-state index is 5.36. The third-order valence-electron chi connectivity index (χ3n) is 0.761.